The van der Waals surface area contributed by atoms with Crippen molar-refractivity contribution in [2.24, 2.45) is 0 Å². The number of hydrogen-bond donors (Lipinski definition) is 1. The van der Waals surface area contributed by atoms with Crippen LogP contribution in [0, 0.1) is 0 Å². The summed E-state index contributed by atoms with van der Waals surface area (Å²) in [7, 11) is 0. The SMILES string of the molecule is C=C1\C=C/C(c2ccccc2)=C(/C=C2\C(=C/C=C/NC3=C=C(c4ccccc4)C=C3)c3ccccc3C23C/C=C\C=C/Cc2ccccc23)Cc2cc3ccccc3cc2C1. The van der Waals surface area contributed by atoms with Gasteiger partial charge in [0.1, 0.15) is 0 Å². The van der Waals surface area contributed by atoms with E-state index in [1.165, 1.54) is 72.0 Å². The first kappa shape index (κ1) is 37.8. The van der Waals surface area contributed by atoms with Gasteiger partial charge in [-0.25, -0.2) is 0 Å². The predicted octanol–water partition coefficient (Wildman–Crippen LogP) is 14.1. The first-order valence-corrected chi connectivity index (χ1v) is 21.4. The molecule has 1 spiro atoms. The van der Waals surface area contributed by atoms with Crippen molar-refractivity contribution in [2.75, 3.05) is 0 Å². The summed E-state index contributed by atoms with van der Waals surface area (Å²) in [5.41, 5.74) is 21.6. The Bertz CT molecular complexity index is 3020. The first-order chi connectivity index (χ1) is 30.1. The van der Waals surface area contributed by atoms with Gasteiger partial charge in [-0.1, -0.05) is 212 Å². The summed E-state index contributed by atoms with van der Waals surface area (Å²) in [5, 5.41) is 6.05. The maximum Gasteiger partial charge on any atom is 0.0819 e. The average molecular weight is 782 g/mol. The summed E-state index contributed by atoms with van der Waals surface area (Å²) in [6.07, 6.45) is 30.3. The molecule has 10 rings (SSSR count). The van der Waals surface area contributed by atoms with Crippen LogP contribution in [0.5, 0.6) is 0 Å². The van der Waals surface area contributed by atoms with E-state index in [0.717, 1.165) is 48.1 Å². The summed E-state index contributed by atoms with van der Waals surface area (Å²) in [4.78, 5) is 0. The maximum absolute atomic E-state index is 4.57. The second kappa shape index (κ2) is 16.7. The Labute approximate surface area is 360 Å². The fourth-order valence-electron chi connectivity index (χ4n) is 9.65. The molecule has 0 saturated carbocycles. The molecule has 0 heterocycles. The van der Waals surface area contributed by atoms with Crippen LogP contribution in [-0.2, 0) is 24.7 Å². The third-order valence-corrected chi connectivity index (χ3v) is 12.5. The van der Waals surface area contributed by atoms with Gasteiger partial charge in [0.15, 0.2) is 0 Å². The van der Waals surface area contributed by atoms with Gasteiger partial charge < -0.3 is 5.32 Å². The minimum absolute atomic E-state index is 0.445. The van der Waals surface area contributed by atoms with Gasteiger partial charge in [-0.3, -0.25) is 0 Å². The molecule has 0 saturated heterocycles. The van der Waals surface area contributed by atoms with E-state index in [9.17, 15) is 0 Å². The summed E-state index contributed by atoms with van der Waals surface area (Å²) in [6.45, 7) is 4.57. The molecule has 0 amide bonds. The van der Waals surface area contributed by atoms with Crippen molar-refractivity contribution in [2.45, 2.75) is 31.1 Å². The Kier molecular flexibility index (Phi) is 10.3. The summed E-state index contributed by atoms with van der Waals surface area (Å²) < 4.78 is 0. The van der Waals surface area contributed by atoms with Gasteiger partial charge in [-0.15, -0.1) is 0 Å². The lowest BCUT2D eigenvalue weighted by Crippen LogP contribution is -2.28. The van der Waals surface area contributed by atoms with Gasteiger partial charge in [0.2, 0.25) is 0 Å². The normalized spacial score (nSPS) is 22.3. The number of benzene rings is 6. The summed E-state index contributed by atoms with van der Waals surface area (Å²) in [5.74, 6) is 0. The predicted molar refractivity (Wildman–Crippen MR) is 258 cm³/mol. The maximum atomic E-state index is 4.57. The lowest BCUT2D eigenvalue weighted by molar-refractivity contribution is 0.638. The van der Waals surface area contributed by atoms with Crippen LogP contribution in [0.3, 0.4) is 0 Å². The quantitative estimate of drug-likeness (QED) is 0.166. The number of fused-ring (bicyclic) bond motifs is 6. The number of allylic oxidation sites excluding steroid dienone is 16. The molecule has 0 aromatic heterocycles. The number of hydrogen-bond acceptors (Lipinski definition) is 1. The van der Waals surface area contributed by atoms with Crippen molar-refractivity contribution in [3.05, 3.63) is 298 Å². The Balaban J connectivity index is 1.21. The standard InChI is InChI=1S/C60H47N/c1-43-31-34-54(45-21-9-5-10-22-45)52(40-51-39-48-26-12-11-25-47(48)38-50(51)37-43)42-59-56(28-18-36-61-53-33-32-49(41-53)44-19-7-4-8-20-44)55-27-14-16-30-58(55)60(59)35-17-3-2-6-23-46-24-13-15-29-57(46)60/h2-22,24-34,36,38-39,42,61H,1,23,35,37,40H2/b6-2-,17-3-,34-31-,36-18+,54-52-,56-28-,59-42+. The Hall–Kier alpha value is -7.44. The second-order valence-corrected chi connectivity index (χ2v) is 16.3. The molecule has 1 nitrogen and oxygen atoms in total. The van der Waals surface area contributed by atoms with Gasteiger partial charge in [-0.2, -0.15) is 0 Å². The Morgan fingerprint density at radius 2 is 1.28 bits per heavy atom. The van der Waals surface area contributed by atoms with Crippen molar-refractivity contribution in [1.29, 1.82) is 0 Å². The highest BCUT2D eigenvalue weighted by Crippen LogP contribution is 2.57. The molecule has 1 heteroatoms. The molecule has 1 unspecified atom stereocenters. The average Bonchev–Trinajstić information content (AvgIpc) is 3.91. The summed E-state index contributed by atoms with van der Waals surface area (Å²) >= 11 is 0. The zero-order valence-electron chi connectivity index (χ0n) is 34.3. The fourth-order valence-corrected chi connectivity index (χ4v) is 9.65. The van der Waals surface area contributed by atoms with Gasteiger partial charge in [0, 0.05) is 11.8 Å². The zero-order valence-corrected chi connectivity index (χ0v) is 34.3. The van der Waals surface area contributed by atoms with E-state index in [-0.39, 0.29) is 0 Å². The molecule has 0 bridgehead atoms. The molecule has 0 fully saturated rings. The van der Waals surface area contributed by atoms with Crippen LogP contribution in [0.1, 0.15) is 50.9 Å². The van der Waals surface area contributed by atoms with Gasteiger partial charge in [0.25, 0.3) is 0 Å². The number of nitrogens with one attached hydrogen (secondary N) is 1. The van der Waals surface area contributed by atoms with E-state index < -0.39 is 5.41 Å². The molecular formula is C60H47N. The molecule has 6 aromatic rings. The molecular weight excluding hydrogens is 735 g/mol. The van der Waals surface area contributed by atoms with Crippen molar-refractivity contribution >= 4 is 27.5 Å². The minimum atomic E-state index is -0.445. The van der Waals surface area contributed by atoms with Crippen molar-refractivity contribution in [3.63, 3.8) is 0 Å². The van der Waals surface area contributed by atoms with E-state index in [4.69, 9.17) is 0 Å². The molecule has 4 aliphatic carbocycles. The monoisotopic (exact) mass is 781 g/mol. The Morgan fingerprint density at radius 1 is 0.607 bits per heavy atom. The van der Waals surface area contributed by atoms with Crippen LogP contribution in [0.25, 0.3) is 27.5 Å². The van der Waals surface area contributed by atoms with Crippen LogP contribution < -0.4 is 5.32 Å². The molecule has 6 aromatic carbocycles. The van der Waals surface area contributed by atoms with E-state index in [0.29, 0.717) is 0 Å². The third-order valence-electron chi connectivity index (χ3n) is 12.5. The lowest BCUT2D eigenvalue weighted by atomic mass is 9.67. The highest BCUT2D eigenvalue weighted by molar-refractivity contribution is 5.95. The van der Waals surface area contributed by atoms with Crippen molar-refractivity contribution in [1.82, 2.24) is 5.32 Å². The van der Waals surface area contributed by atoms with E-state index in [2.05, 4.69) is 224 Å². The molecule has 1 atom stereocenters. The van der Waals surface area contributed by atoms with Crippen LogP contribution in [0.4, 0.5) is 0 Å². The molecule has 4 aliphatic rings. The fraction of sp³-hybridized carbons (Fsp3) is 0.0833. The van der Waals surface area contributed by atoms with Gasteiger partial charge in [0.05, 0.1) is 11.1 Å². The van der Waals surface area contributed by atoms with Crippen LogP contribution in [-0.4, -0.2) is 0 Å². The first-order valence-electron chi connectivity index (χ1n) is 21.4. The van der Waals surface area contributed by atoms with Crippen LogP contribution in [0.15, 0.2) is 253 Å². The van der Waals surface area contributed by atoms with E-state index in [1.807, 2.05) is 12.3 Å². The number of rotatable bonds is 6. The van der Waals surface area contributed by atoms with Gasteiger partial charge >= 0.3 is 0 Å². The van der Waals surface area contributed by atoms with Gasteiger partial charge in [-0.05, 0) is 121 Å². The lowest BCUT2D eigenvalue weighted by Gasteiger charge is -2.34. The molecule has 292 valence electrons. The van der Waals surface area contributed by atoms with E-state index >= 15 is 0 Å². The largest absolute Gasteiger partial charge is 0.355 e. The molecule has 61 heavy (non-hydrogen) atoms. The molecule has 0 aliphatic heterocycles. The topological polar surface area (TPSA) is 12.0 Å². The highest BCUT2D eigenvalue weighted by Gasteiger charge is 2.47. The highest BCUT2D eigenvalue weighted by atomic mass is 14.8. The van der Waals surface area contributed by atoms with Crippen molar-refractivity contribution in [3.8, 4) is 0 Å². The molecule has 1 N–H and O–H groups in total. The third kappa shape index (κ3) is 7.42. The van der Waals surface area contributed by atoms with E-state index in [1.54, 1.807) is 0 Å². The zero-order chi connectivity index (χ0) is 41.0. The summed E-state index contributed by atoms with van der Waals surface area (Å²) in [6, 6.07) is 53.1. The van der Waals surface area contributed by atoms with Crippen LogP contribution >= 0.6 is 0 Å². The molecule has 0 radical (unpaired) electrons. The van der Waals surface area contributed by atoms with Crippen molar-refractivity contribution < 1.29 is 0 Å². The smallest absolute Gasteiger partial charge is 0.0819 e. The minimum Gasteiger partial charge on any atom is -0.355 e. The Morgan fingerprint density at radius 3 is 2.08 bits per heavy atom. The van der Waals surface area contributed by atoms with Crippen LogP contribution in [0.2, 0.25) is 0 Å². The second-order valence-electron chi connectivity index (χ2n) is 16.3.